The van der Waals surface area contributed by atoms with Crippen molar-refractivity contribution in [1.82, 2.24) is 15.1 Å². The Morgan fingerprint density at radius 1 is 1.20 bits per heavy atom. The molecule has 1 aromatic heterocycles. The van der Waals surface area contributed by atoms with Crippen LogP contribution in [0.25, 0.3) is 16.6 Å². The molecule has 1 saturated heterocycles. The number of nitrogens with one attached hydrogen (secondary N) is 2. The minimum Gasteiger partial charge on any atom is -0.366 e. The highest BCUT2D eigenvalue weighted by molar-refractivity contribution is 6.04. The van der Waals surface area contributed by atoms with Crippen molar-refractivity contribution in [3.05, 3.63) is 54.2 Å². The molecule has 1 atom stereocenters. The molecule has 1 unspecified atom stereocenters. The first-order chi connectivity index (χ1) is 12.1. The van der Waals surface area contributed by atoms with Crippen LogP contribution in [0.4, 0.5) is 5.69 Å². The van der Waals surface area contributed by atoms with Crippen molar-refractivity contribution in [2.24, 2.45) is 5.73 Å². The Balaban J connectivity index is 1.59. The van der Waals surface area contributed by atoms with E-state index in [4.69, 9.17) is 5.73 Å². The van der Waals surface area contributed by atoms with Gasteiger partial charge in [-0.3, -0.25) is 9.59 Å². The van der Waals surface area contributed by atoms with Gasteiger partial charge in [0.1, 0.15) is 5.52 Å². The minimum atomic E-state index is -0.501. The van der Waals surface area contributed by atoms with Gasteiger partial charge in [-0.05, 0) is 43.3 Å². The molecule has 0 bridgehead atoms. The van der Waals surface area contributed by atoms with Crippen molar-refractivity contribution in [3.63, 3.8) is 0 Å². The van der Waals surface area contributed by atoms with Crippen molar-refractivity contribution in [3.8, 4) is 5.69 Å². The number of primary amides is 1. The van der Waals surface area contributed by atoms with Crippen LogP contribution in [0.3, 0.4) is 0 Å². The second-order valence-electron chi connectivity index (χ2n) is 6.01. The first-order valence-corrected chi connectivity index (χ1v) is 8.05. The van der Waals surface area contributed by atoms with E-state index in [0.29, 0.717) is 11.1 Å². The molecule has 0 spiro atoms. The van der Waals surface area contributed by atoms with E-state index in [-0.39, 0.29) is 11.9 Å². The summed E-state index contributed by atoms with van der Waals surface area (Å²) >= 11 is 0. The number of anilines is 1. The summed E-state index contributed by atoms with van der Waals surface area (Å²) in [6, 6.07) is 12.6. The van der Waals surface area contributed by atoms with Gasteiger partial charge in [0.25, 0.3) is 5.91 Å². The molecule has 126 valence electrons. The lowest BCUT2D eigenvalue weighted by molar-refractivity contribution is -0.119. The predicted octanol–water partition coefficient (Wildman–Crippen LogP) is 1.42. The first kappa shape index (κ1) is 15.3. The first-order valence-electron chi connectivity index (χ1n) is 8.05. The smallest absolute Gasteiger partial charge is 0.250 e. The molecule has 0 saturated carbocycles. The normalized spacial score (nSPS) is 16.4. The van der Waals surface area contributed by atoms with E-state index in [1.165, 1.54) is 0 Å². The summed E-state index contributed by atoms with van der Waals surface area (Å²) in [7, 11) is 0. The topological polar surface area (TPSA) is 102 Å². The molecule has 2 amide bonds. The predicted molar refractivity (Wildman–Crippen MR) is 94.6 cm³/mol. The summed E-state index contributed by atoms with van der Waals surface area (Å²) in [5.41, 5.74) is 7.93. The fourth-order valence-electron chi connectivity index (χ4n) is 2.82. The molecule has 1 fully saturated rings. The Bertz CT molecular complexity index is 957. The maximum absolute atomic E-state index is 11.9. The highest BCUT2D eigenvalue weighted by Crippen LogP contribution is 2.20. The lowest BCUT2D eigenvalue weighted by Gasteiger charge is -2.26. The van der Waals surface area contributed by atoms with Crippen LogP contribution in [0.1, 0.15) is 16.8 Å². The summed E-state index contributed by atoms with van der Waals surface area (Å²) in [5, 5.41) is 11.3. The number of benzene rings is 2. The van der Waals surface area contributed by atoms with E-state index in [9.17, 15) is 9.59 Å². The lowest BCUT2D eigenvalue weighted by Crippen LogP contribution is -2.50. The van der Waals surface area contributed by atoms with E-state index >= 15 is 0 Å². The molecular formula is C18H17N5O2. The largest absolute Gasteiger partial charge is 0.366 e. The molecule has 2 aromatic carbocycles. The lowest BCUT2D eigenvalue weighted by atomic mass is 10.1. The number of carbonyl (C=O) groups excluding carboxylic acids is 2. The quantitative estimate of drug-likeness (QED) is 0.671. The zero-order valence-corrected chi connectivity index (χ0v) is 13.4. The molecule has 4 N–H and O–H groups in total. The Labute approximate surface area is 143 Å². The third-order valence-electron chi connectivity index (χ3n) is 4.34. The SMILES string of the molecule is NC(=O)c1cccc2cn(-c3ccc(NC(=O)C4CCN4)cc3)nc12. The van der Waals surface area contributed by atoms with Crippen LogP contribution in [0.15, 0.2) is 48.7 Å². The van der Waals surface area contributed by atoms with Crippen LogP contribution in [0.2, 0.25) is 0 Å². The monoisotopic (exact) mass is 335 g/mol. The minimum absolute atomic E-state index is 0.0186. The van der Waals surface area contributed by atoms with Gasteiger partial charge < -0.3 is 16.4 Å². The van der Waals surface area contributed by atoms with Crippen LogP contribution in [0, 0.1) is 0 Å². The number of rotatable bonds is 4. The number of fused-ring (bicyclic) bond motifs is 1. The molecule has 0 aliphatic carbocycles. The van der Waals surface area contributed by atoms with E-state index in [2.05, 4.69) is 15.7 Å². The maximum atomic E-state index is 11.9. The van der Waals surface area contributed by atoms with E-state index < -0.39 is 5.91 Å². The fourth-order valence-corrected chi connectivity index (χ4v) is 2.82. The summed E-state index contributed by atoms with van der Waals surface area (Å²) < 4.78 is 1.69. The molecule has 7 nitrogen and oxygen atoms in total. The van der Waals surface area contributed by atoms with Gasteiger partial charge in [-0.2, -0.15) is 5.10 Å². The summed E-state index contributed by atoms with van der Waals surface area (Å²) in [6.07, 6.45) is 2.71. The van der Waals surface area contributed by atoms with Gasteiger partial charge >= 0.3 is 0 Å². The zero-order valence-electron chi connectivity index (χ0n) is 13.4. The van der Waals surface area contributed by atoms with E-state index in [0.717, 1.165) is 29.7 Å². The fraction of sp³-hybridized carbons (Fsp3) is 0.167. The molecule has 25 heavy (non-hydrogen) atoms. The zero-order chi connectivity index (χ0) is 17.4. The van der Waals surface area contributed by atoms with Crippen molar-refractivity contribution >= 4 is 28.4 Å². The van der Waals surface area contributed by atoms with E-state index in [1.807, 2.05) is 36.5 Å². The van der Waals surface area contributed by atoms with E-state index in [1.54, 1.807) is 16.8 Å². The van der Waals surface area contributed by atoms with Crippen LogP contribution >= 0.6 is 0 Å². The van der Waals surface area contributed by atoms with Crippen LogP contribution < -0.4 is 16.4 Å². The summed E-state index contributed by atoms with van der Waals surface area (Å²) in [4.78, 5) is 23.5. The molecule has 2 heterocycles. The Hall–Kier alpha value is -3.19. The van der Waals surface area contributed by atoms with Gasteiger partial charge in [0.05, 0.1) is 17.3 Å². The number of hydrogen-bond donors (Lipinski definition) is 3. The Morgan fingerprint density at radius 2 is 1.96 bits per heavy atom. The van der Waals surface area contributed by atoms with Crippen molar-refractivity contribution in [1.29, 1.82) is 0 Å². The van der Waals surface area contributed by atoms with Gasteiger partial charge in [0, 0.05) is 17.3 Å². The van der Waals surface area contributed by atoms with Gasteiger partial charge in [-0.25, -0.2) is 4.68 Å². The highest BCUT2D eigenvalue weighted by Gasteiger charge is 2.24. The number of nitrogens with zero attached hydrogens (tertiary/aromatic N) is 2. The average molecular weight is 335 g/mol. The Morgan fingerprint density at radius 3 is 2.60 bits per heavy atom. The molecule has 7 heteroatoms. The molecular weight excluding hydrogens is 318 g/mol. The van der Waals surface area contributed by atoms with Crippen molar-refractivity contribution in [2.45, 2.75) is 12.5 Å². The number of amides is 2. The number of nitrogens with two attached hydrogens (primary N) is 1. The molecule has 3 aromatic rings. The molecule has 4 rings (SSSR count). The van der Waals surface area contributed by atoms with Gasteiger partial charge in [0.2, 0.25) is 5.91 Å². The standard InChI is InChI=1S/C18H17N5O2/c19-17(24)14-3-1-2-11-10-23(22-16(11)14)13-6-4-12(5-7-13)21-18(25)15-8-9-20-15/h1-7,10,15,20H,8-9H2,(H2,19,24)(H,21,25). The average Bonchev–Trinajstić information content (AvgIpc) is 2.97. The summed E-state index contributed by atoms with van der Waals surface area (Å²) in [5.74, 6) is -0.520. The van der Waals surface area contributed by atoms with Crippen LogP contribution in [-0.4, -0.2) is 34.2 Å². The van der Waals surface area contributed by atoms with Gasteiger partial charge in [-0.1, -0.05) is 12.1 Å². The molecule has 0 radical (unpaired) electrons. The van der Waals surface area contributed by atoms with Crippen molar-refractivity contribution in [2.75, 3.05) is 11.9 Å². The van der Waals surface area contributed by atoms with Gasteiger partial charge in [0.15, 0.2) is 0 Å². The maximum Gasteiger partial charge on any atom is 0.250 e. The summed E-state index contributed by atoms with van der Waals surface area (Å²) in [6.45, 7) is 0.886. The third-order valence-corrected chi connectivity index (χ3v) is 4.34. The van der Waals surface area contributed by atoms with Crippen molar-refractivity contribution < 1.29 is 9.59 Å². The molecule has 1 aliphatic heterocycles. The number of aromatic nitrogens is 2. The second kappa shape index (κ2) is 6.03. The number of carbonyl (C=O) groups is 2. The van der Waals surface area contributed by atoms with Crippen LogP contribution in [-0.2, 0) is 4.79 Å². The number of hydrogen-bond acceptors (Lipinski definition) is 4. The van der Waals surface area contributed by atoms with Crippen LogP contribution in [0.5, 0.6) is 0 Å². The molecule has 1 aliphatic rings. The third kappa shape index (κ3) is 2.85. The second-order valence-corrected chi connectivity index (χ2v) is 6.01. The highest BCUT2D eigenvalue weighted by atomic mass is 16.2. The van der Waals surface area contributed by atoms with Gasteiger partial charge in [-0.15, -0.1) is 0 Å². The Kier molecular flexibility index (Phi) is 3.70.